The van der Waals surface area contributed by atoms with Gasteiger partial charge in [0.15, 0.2) is 0 Å². The molecule has 0 aromatic heterocycles. The number of ether oxygens (including phenoxy) is 1. The number of nitrogens with one attached hydrogen (secondary N) is 2. The van der Waals surface area contributed by atoms with Crippen molar-refractivity contribution in [3.05, 3.63) is 0 Å². The summed E-state index contributed by atoms with van der Waals surface area (Å²) in [6, 6.07) is -1.58. The third-order valence-electron chi connectivity index (χ3n) is 4.80. The Morgan fingerprint density at radius 3 is 2.54 bits per heavy atom. The molecule has 150 valence electrons. The maximum Gasteiger partial charge on any atom is 0.305 e. The van der Waals surface area contributed by atoms with E-state index in [9.17, 15) is 14.4 Å². The van der Waals surface area contributed by atoms with Crippen molar-refractivity contribution in [3.63, 3.8) is 0 Å². The minimum atomic E-state index is -1.12. The van der Waals surface area contributed by atoms with Crippen LogP contribution >= 0.6 is 0 Å². The molecule has 0 spiro atoms. The molecule has 0 aromatic rings. The highest BCUT2D eigenvalue weighted by atomic mass is 16.5. The fourth-order valence-corrected chi connectivity index (χ4v) is 3.34. The summed E-state index contributed by atoms with van der Waals surface area (Å²) in [6.07, 6.45) is 9.63. The summed E-state index contributed by atoms with van der Waals surface area (Å²) in [7, 11) is 0. The van der Waals surface area contributed by atoms with Crippen LogP contribution in [0, 0.1) is 0 Å². The van der Waals surface area contributed by atoms with Gasteiger partial charge in [-0.3, -0.25) is 14.9 Å². The van der Waals surface area contributed by atoms with Gasteiger partial charge in [-0.1, -0.05) is 32.6 Å². The maximum atomic E-state index is 12.3. The SMILES string of the molecule is CCCCCCCC1(N[C@@H](C)C(=O)N[C@H](C=O)CC(=O)O)CCCCO1. The van der Waals surface area contributed by atoms with Crippen LogP contribution in [0.1, 0.15) is 78.1 Å². The lowest BCUT2D eigenvalue weighted by Gasteiger charge is -2.40. The van der Waals surface area contributed by atoms with Gasteiger partial charge < -0.3 is 20.0 Å². The molecule has 1 rings (SSSR count). The number of rotatable bonds is 13. The zero-order chi connectivity index (χ0) is 19.4. The standard InChI is InChI=1S/C19H34N2O5/c1-3-4-5-6-7-10-19(11-8-9-12-26-19)21-15(2)18(25)20-16(14-22)13-17(23)24/h14-16,21H,3-13H2,1-2H3,(H,20,25)(H,23,24)/t15-,16-,19?/m0/s1. The smallest absolute Gasteiger partial charge is 0.305 e. The highest BCUT2D eigenvalue weighted by Crippen LogP contribution is 2.28. The first-order chi connectivity index (χ1) is 12.4. The lowest BCUT2D eigenvalue weighted by molar-refractivity contribution is -0.140. The molecule has 0 aliphatic carbocycles. The van der Waals surface area contributed by atoms with E-state index in [4.69, 9.17) is 9.84 Å². The molecule has 26 heavy (non-hydrogen) atoms. The van der Waals surface area contributed by atoms with Crippen LogP contribution in [0.25, 0.3) is 0 Å². The monoisotopic (exact) mass is 370 g/mol. The molecule has 1 fully saturated rings. The Bertz CT molecular complexity index is 449. The normalized spacial score (nSPS) is 22.4. The van der Waals surface area contributed by atoms with E-state index in [1.807, 2.05) is 0 Å². The second-order valence-electron chi connectivity index (χ2n) is 7.18. The first-order valence-electron chi connectivity index (χ1n) is 9.81. The summed E-state index contributed by atoms with van der Waals surface area (Å²) in [5.74, 6) is -1.51. The predicted molar refractivity (Wildman–Crippen MR) is 98.8 cm³/mol. The number of amides is 1. The molecule has 1 aliphatic heterocycles. The molecule has 3 atom stereocenters. The van der Waals surface area contributed by atoms with Crippen LogP contribution < -0.4 is 10.6 Å². The highest BCUT2D eigenvalue weighted by Gasteiger charge is 2.35. The zero-order valence-electron chi connectivity index (χ0n) is 16.1. The molecule has 7 heteroatoms. The number of carboxylic acids is 1. The number of aliphatic carboxylic acids is 1. The van der Waals surface area contributed by atoms with E-state index < -0.39 is 30.2 Å². The van der Waals surface area contributed by atoms with Gasteiger partial charge in [-0.25, -0.2) is 0 Å². The van der Waals surface area contributed by atoms with E-state index in [2.05, 4.69) is 17.6 Å². The van der Waals surface area contributed by atoms with Crippen molar-refractivity contribution in [2.45, 2.75) is 95.9 Å². The Labute approximate surface area is 156 Å². The van der Waals surface area contributed by atoms with E-state index in [0.29, 0.717) is 12.9 Å². The molecule has 1 amide bonds. The van der Waals surface area contributed by atoms with Crippen LogP contribution in [0.2, 0.25) is 0 Å². The number of carbonyl (C=O) groups excluding carboxylic acids is 2. The van der Waals surface area contributed by atoms with Crippen LogP contribution in [-0.2, 0) is 19.1 Å². The Kier molecular flexibility index (Phi) is 10.4. The second kappa shape index (κ2) is 12.0. The van der Waals surface area contributed by atoms with Gasteiger partial charge in [0.05, 0.1) is 18.5 Å². The minimum absolute atomic E-state index is 0.386. The largest absolute Gasteiger partial charge is 0.481 e. The van der Waals surface area contributed by atoms with Crippen LogP contribution in [0.5, 0.6) is 0 Å². The average Bonchev–Trinajstić information content (AvgIpc) is 2.61. The fourth-order valence-electron chi connectivity index (χ4n) is 3.34. The van der Waals surface area contributed by atoms with Gasteiger partial charge in [-0.05, 0) is 39.0 Å². The third-order valence-corrected chi connectivity index (χ3v) is 4.80. The summed E-state index contributed by atoms with van der Waals surface area (Å²) in [4.78, 5) is 34.0. The van der Waals surface area contributed by atoms with E-state index in [0.717, 1.165) is 38.5 Å². The maximum absolute atomic E-state index is 12.3. The summed E-state index contributed by atoms with van der Waals surface area (Å²) in [5, 5.41) is 14.6. The van der Waals surface area contributed by atoms with Crippen molar-refractivity contribution in [1.82, 2.24) is 10.6 Å². The molecule has 1 aliphatic rings. The lowest BCUT2D eigenvalue weighted by atomic mass is 9.94. The van der Waals surface area contributed by atoms with Gasteiger partial charge in [0.2, 0.25) is 5.91 Å². The average molecular weight is 370 g/mol. The number of unbranched alkanes of at least 4 members (excludes halogenated alkanes) is 4. The topological polar surface area (TPSA) is 105 Å². The van der Waals surface area contributed by atoms with Gasteiger partial charge >= 0.3 is 5.97 Å². The van der Waals surface area contributed by atoms with Gasteiger partial charge in [0, 0.05) is 6.61 Å². The quantitative estimate of drug-likeness (QED) is 0.340. The van der Waals surface area contributed by atoms with Gasteiger partial charge in [0.25, 0.3) is 0 Å². The van der Waals surface area contributed by atoms with Crippen molar-refractivity contribution >= 4 is 18.2 Å². The number of aldehydes is 1. The summed E-state index contributed by atoms with van der Waals surface area (Å²) < 4.78 is 6.03. The first-order valence-corrected chi connectivity index (χ1v) is 9.81. The Morgan fingerprint density at radius 1 is 1.23 bits per heavy atom. The number of hydrogen-bond acceptors (Lipinski definition) is 5. The van der Waals surface area contributed by atoms with Crippen LogP contribution in [0.4, 0.5) is 0 Å². The molecule has 1 unspecified atom stereocenters. The van der Waals surface area contributed by atoms with Crippen LogP contribution in [-0.4, -0.2) is 47.7 Å². The molecule has 3 N–H and O–H groups in total. The molecule has 0 aromatic carbocycles. The van der Waals surface area contributed by atoms with Crippen molar-refractivity contribution in [2.75, 3.05) is 6.61 Å². The van der Waals surface area contributed by atoms with Crippen molar-refractivity contribution in [1.29, 1.82) is 0 Å². The molecule has 0 saturated carbocycles. The molecular formula is C19H34N2O5. The van der Waals surface area contributed by atoms with Crippen LogP contribution in [0.15, 0.2) is 0 Å². The summed E-state index contributed by atoms with van der Waals surface area (Å²) in [6.45, 7) is 4.57. The summed E-state index contributed by atoms with van der Waals surface area (Å²) >= 11 is 0. The predicted octanol–water partition coefficient (Wildman–Crippen LogP) is 2.38. The summed E-state index contributed by atoms with van der Waals surface area (Å²) in [5.41, 5.74) is -0.509. The number of hydrogen-bond donors (Lipinski definition) is 3. The molecule has 0 bridgehead atoms. The molecule has 0 radical (unpaired) electrons. The number of carbonyl (C=O) groups is 3. The molecular weight excluding hydrogens is 336 g/mol. The van der Waals surface area contributed by atoms with Gasteiger partial charge in [0.1, 0.15) is 12.0 Å². The number of carboxylic acid groups (broad SMARTS) is 1. The highest BCUT2D eigenvalue weighted by molar-refractivity contribution is 5.85. The second-order valence-corrected chi connectivity index (χ2v) is 7.18. The Morgan fingerprint density at radius 2 is 1.96 bits per heavy atom. The van der Waals surface area contributed by atoms with Gasteiger partial charge in [-0.2, -0.15) is 0 Å². The Hall–Kier alpha value is -1.47. The minimum Gasteiger partial charge on any atom is -0.481 e. The fraction of sp³-hybridized carbons (Fsp3) is 0.842. The van der Waals surface area contributed by atoms with E-state index in [1.165, 1.54) is 19.3 Å². The first kappa shape index (κ1) is 22.6. The van der Waals surface area contributed by atoms with E-state index in [-0.39, 0.29) is 5.91 Å². The van der Waals surface area contributed by atoms with Crippen molar-refractivity contribution in [2.24, 2.45) is 0 Å². The van der Waals surface area contributed by atoms with Crippen molar-refractivity contribution in [3.8, 4) is 0 Å². The zero-order valence-corrected chi connectivity index (χ0v) is 16.1. The molecule has 1 heterocycles. The Balaban J connectivity index is 2.57. The van der Waals surface area contributed by atoms with E-state index in [1.54, 1.807) is 6.92 Å². The lowest BCUT2D eigenvalue weighted by Crippen LogP contribution is -2.58. The molecule has 7 nitrogen and oxygen atoms in total. The molecule has 1 saturated heterocycles. The third kappa shape index (κ3) is 8.27. The van der Waals surface area contributed by atoms with Gasteiger partial charge in [-0.15, -0.1) is 0 Å². The van der Waals surface area contributed by atoms with Crippen LogP contribution in [0.3, 0.4) is 0 Å². The van der Waals surface area contributed by atoms with E-state index >= 15 is 0 Å². The van der Waals surface area contributed by atoms with Crippen molar-refractivity contribution < 1.29 is 24.2 Å².